The second kappa shape index (κ2) is 9.16. The number of aliphatic carboxylic acids is 1. The van der Waals surface area contributed by atoms with Crippen molar-refractivity contribution in [2.45, 2.75) is 38.8 Å². The van der Waals surface area contributed by atoms with E-state index in [9.17, 15) is 14.0 Å². The van der Waals surface area contributed by atoms with Crippen molar-refractivity contribution in [3.05, 3.63) is 54.1 Å². The van der Waals surface area contributed by atoms with Crippen LogP contribution in [0.4, 0.5) is 9.18 Å². The Morgan fingerprint density at radius 3 is 2.65 bits per heavy atom. The van der Waals surface area contributed by atoms with E-state index in [1.807, 2.05) is 20.8 Å². The molecule has 0 radical (unpaired) electrons. The highest BCUT2D eigenvalue weighted by Crippen LogP contribution is 2.27. The molecule has 1 fully saturated rings. The summed E-state index contributed by atoms with van der Waals surface area (Å²) in [5, 5.41) is 8.76. The monoisotopic (exact) mass is 428 g/mol. The number of carbonyl (C=O) groups excluding carboxylic acids is 1. The van der Waals surface area contributed by atoms with Gasteiger partial charge in [0.25, 0.3) is 0 Å². The molecule has 0 aliphatic carbocycles. The number of pyridine rings is 1. The summed E-state index contributed by atoms with van der Waals surface area (Å²) in [7, 11) is 0. The zero-order valence-electron chi connectivity index (χ0n) is 17.7. The number of benzene rings is 1. The highest BCUT2D eigenvalue weighted by atomic mass is 19.1. The predicted octanol–water partition coefficient (Wildman–Crippen LogP) is 4.37. The third-order valence-electron chi connectivity index (χ3n) is 4.60. The number of hydrogen-bond acceptors (Lipinski definition) is 5. The molecule has 1 aliphatic heterocycles. The van der Waals surface area contributed by atoms with Gasteiger partial charge in [-0.25, -0.2) is 14.0 Å². The molecule has 0 saturated carbocycles. The first-order valence-corrected chi connectivity index (χ1v) is 9.90. The van der Waals surface area contributed by atoms with Crippen LogP contribution in [0, 0.1) is 5.82 Å². The molecule has 164 valence electrons. The first kappa shape index (κ1) is 22.3. The number of nitrogens with zero attached hydrogens (tertiary/aromatic N) is 2. The molecule has 1 N–H and O–H groups in total. The van der Waals surface area contributed by atoms with Crippen LogP contribution in [0.15, 0.2) is 42.7 Å². The second-order valence-electron chi connectivity index (χ2n) is 8.28. The normalized spacial score (nSPS) is 16.1. The molecule has 1 aromatic carbocycles. The van der Waals surface area contributed by atoms with Crippen LogP contribution >= 0.6 is 0 Å². The maximum atomic E-state index is 14.0. The van der Waals surface area contributed by atoms with Crippen molar-refractivity contribution in [2.24, 2.45) is 0 Å². The minimum atomic E-state index is -1.11. The summed E-state index contributed by atoms with van der Waals surface area (Å²) in [6.07, 6.45) is 5.85. The van der Waals surface area contributed by atoms with Gasteiger partial charge in [-0.2, -0.15) is 0 Å². The Hall–Kier alpha value is -3.42. The topological polar surface area (TPSA) is 89.0 Å². The molecule has 7 nitrogen and oxygen atoms in total. The summed E-state index contributed by atoms with van der Waals surface area (Å²) < 4.78 is 25.2. The van der Waals surface area contributed by atoms with Crippen molar-refractivity contribution in [3.63, 3.8) is 0 Å². The maximum absolute atomic E-state index is 14.0. The quantitative estimate of drug-likeness (QED) is 0.687. The zero-order valence-corrected chi connectivity index (χ0v) is 17.7. The van der Waals surface area contributed by atoms with E-state index in [1.165, 1.54) is 18.2 Å². The molecule has 31 heavy (non-hydrogen) atoms. The fourth-order valence-corrected chi connectivity index (χ4v) is 3.07. The maximum Gasteiger partial charge on any atom is 0.410 e. The van der Waals surface area contributed by atoms with Crippen LogP contribution in [0.1, 0.15) is 32.8 Å². The molecule has 1 saturated heterocycles. The smallest absolute Gasteiger partial charge is 0.410 e. The number of likely N-dealkylation sites (tertiary alicyclic amines) is 1. The fraction of sp³-hybridized carbons (Fsp3) is 0.348. The molecule has 3 rings (SSSR count). The van der Waals surface area contributed by atoms with Crippen molar-refractivity contribution < 1.29 is 28.6 Å². The summed E-state index contributed by atoms with van der Waals surface area (Å²) in [5.74, 6) is -1.11. The van der Waals surface area contributed by atoms with Gasteiger partial charge in [0.1, 0.15) is 23.8 Å². The van der Waals surface area contributed by atoms with Gasteiger partial charge >= 0.3 is 12.1 Å². The van der Waals surface area contributed by atoms with Crippen LogP contribution in [0.5, 0.6) is 5.75 Å². The number of aromatic nitrogens is 1. The highest BCUT2D eigenvalue weighted by molar-refractivity contribution is 5.85. The van der Waals surface area contributed by atoms with Crippen molar-refractivity contribution in [2.75, 3.05) is 13.2 Å². The average molecular weight is 428 g/mol. The lowest BCUT2D eigenvalue weighted by molar-refractivity contribution is -0.131. The van der Waals surface area contributed by atoms with Gasteiger partial charge in [0.15, 0.2) is 0 Å². The summed E-state index contributed by atoms with van der Waals surface area (Å²) in [4.78, 5) is 28.7. The van der Waals surface area contributed by atoms with Crippen LogP contribution in [0.2, 0.25) is 0 Å². The van der Waals surface area contributed by atoms with Gasteiger partial charge in [0, 0.05) is 24.4 Å². The van der Waals surface area contributed by atoms with Crippen molar-refractivity contribution in [1.82, 2.24) is 9.88 Å². The van der Waals surface area contributed by atoms with Gasteiger partial charge in [0.2, 0.25) is 0 Å². The van der Waals surface area contributed by atoms with Crippen molar-refractivity contribution >= 4 is 18.1 Å². The van der Waals surface area contributed by atoms with Crippen molar-refractivity contribution in [3.8, 4) is 16.9 Å². The number of hydrogen-bond donors (Lipinski definition) is 1. The number of rotatable bonds is 6. The minimum absolute atomic E-state index is 0.0829. The highest BCUT2D eigenvalue weighted by Gasteiger charge is 2.35. The first-order chi connectivity index (χ1) is 14.6. The fourth-order valence-electron chi connectivity index (χ4n) is 3.07. The Morgan fingerprint density at radius 2 is 2.00 bits per heavy atom. The largest absolute Gasteiger partial charge is 0.490 e. The average Bonchev–Trinajstić information content (AvgIpc) is 2.64. The van der Waals surface area contributed by atoms with E-state index < -0.39 is 17.4 Å². The van der Waals surface area contributed by atoms with Crippen LogP contribution in [-0.2, 0) is 9.53 Å². The molecular formula is C23H25FN2O5. The Kier molecular flexibility index (Phi) is 6.58. The van der Waals surface area contributed by atoms with E-state index in [2.05, 4.69) is 4.98 Å². The van der Waals surface area contributed by atoms with E-state index in [0.717, 1.165) is 12.5 Å². The van der Waals surface area contributed by atoms with E-state index in [0.29, 0.717) is 35.6 Å². The van der Waals surface area contributed by atoms with Crippen LogP contribution in [0.3, 0.4) is 0 Å². The summed E-state index contributed by atoms with van der Waals surface area (Å²) in [6, 6.07) is 5.90. The van der Waals surface area contributed by atoms with Crippen LogP contribution in [-0.4, -0.2) is 51.8 Å². The van der Waals surface area contributed by atoms with Crippen molar-refractivity contribution in [1.29, 1.82) is 0 Å². The van der Waals surface area contributed by atoms with Gasteiger partial charge < -0.3 is 19.5 Å². The van der Waals surface area contributed by atoms with Gasteiger partial charge in [0.05, 0.1) is 12.2 Å². The number of carboxylic acid groups (broad SMARTS) is 1. The Bertz CT molecular complexity index is 1000. The molecule has 1 atom stereocenters. The third-order valence-corrected chi connectivity index (χ3v) is 4.60. The summed E-state index contributed by atoms with van der Waals surface area (Å²) in [6.45, 7) is 6.38. The summed E-state index contributed by atoms with van der Waals surface area (Å²) in [5.41, 5.74) is 1.03. The Labute approximate surface area is 180 Å². The molecule has 0 bridgehead atoms. The third kappa shape index (κ3) is 6.28. The Balaban J connectivity index is 1.67. The zero-order chi connectivity index (χ0) is 22.6. The second-order valence-corrected chi connectivity index (χ2v) is 8.28. The number of amides is 1. The predicted molar refractivity (Wildman–Crippen MR) is 113 cm³/mol. The molecule has 1 aromatic heterocycles. The summed E-state index contributed by atoms with van der Waals surface area (Å²) >= 11 is 0. The van der Waals surface area contributed by atoms with Gasteiger partial charge in [-0.05, 0) is 68.7 Å². The number of carboxylic acids is 1. The van der Waals surface area contributed by atoms with E-state index in [1.54, 1.807) is 29.4 Å². The number of carbonyl (C=O) groups is 2. The van der Waals surface area contributed by atoms with Gasteiger partial charge in [-0.1, -0.05) is 0 Å². The first-order valence-electron chi connectivity index (χ1n) is 9.90. The lowest BCUT2D eigenvalue weighted by Gasteiger charge is -2.40. The van der Waals surface area contributed by atoms with Gasteiger partial charge in [-0.3, -0.25) is 4.98 Å². The molecule has 1 aliphatic rings. The molecule has 8 heteroatoms. The standard InChI is InChI=1S/C23H25FN2O5/c1-23(2,3)31-22(29)26-7-6-19(26)14-30-20-11-17(12-25-13-20)16-8-15(4-5-21(27)28)9-18(24)10-16/h4-5,8-13,19H,6-7,14H2,1-3H3,(H,27,28)/t19-/m0/s1. The van der Waals surface area contributed by atoms with Crippen LogP contribution in [0.25, 0.3) is 17.2 Å². The molecular weight excluding hydrogens is 403 g/mol. The molecule has 2 aromatic rings. The SMILES string of the molecule is CC(C)(C)OC(=O)N1CC[C@H]1COc1cncc(-c2cc(F)cc(C=CC(=O)O)c2)c1. The minimum Gasteiger partial charge on any atom is -0.490 e. The lowest BCUT2D eigenvalue weighted by atomic mass is 10.0. The van der Waals surface area contributed by atoms with Crippen LogP contribution < -0.4 is 4.74 Å². The molecule has 0 spiro atoms. The van der Waals surface area contributed by atoms with E-state index in [-0.39, 0.29) is 12.1 Å². The molecule has 0 unspecified atom stereocenters. The number of ether oxygens (including phenoxy) is 2. The van der Waals surface area contributed by atoms with E-state index in [4.69, 9.17) is 14.6 Å². The Morgan fingerprint density at radius 1 is 1.23 bits per heavy atom. The lowest BCUT2D eigenvalue weighted by Crippen LogP contribution is -2.55. The van der Waals surface area contributed by atoms with E-state index >= 15 is 0 Å². The molecule has 1 amide bonds. The number of halogens is 1. The molecule has 2 heterocycles. The van der Waals surface area contributed by atoms with Gasteiger partial charge in [-0.15, -0.1) is 0 Å².